The van der Waals surface area contributed by atoms with Gasteiger partial charge in [0.1, 0.15) is 17.2 Å². The number of carbonyl (C=O) groups excluding carboxylic acids is 1. The third-order valence-corrected chi connectivity index (χ3v) is 4.70. The first-order chi connectivity index (χ1) is 17.4. The van der Waals surface area contributed by atoms with Crippen molar-refractivity contribution in [3.05, 3.63) is 84.1 Å². The summed E-state index contributed by atoms with van der Waals surface area (Å²) in [6.07, 6.45) is -4.78. The Hall–Kier alpha value is -4.87. The molecule has 3 aromatic rings. The number of nitrogens with one attached hydrogen (secondary N) is 1. The molecule has 4 N–H and O–H groups in total. The van der Waals surface area contributed by atoms with Crippen LogP contribution in [0, 0.1) is 0 Å². The smallest absolute Gasteiger partial charge is 0.504 e. The zero-order chi connectivity index (χ0) is 27.2. The van der Waals surface area contributed by atoms with Crippen LogP contribution >= 0.6 is 0 Å². The molecule has 0 aliphatic heterocycles. The topological polar surface area (TPSA) is 130 Å². The van der Waals surface area contributed by atoms with E-state index in [0.29, 0.717) is 17.1 Å². The lowest BCUT2D eigenvalue weighted by Crippen LogP contribution is -2.24. The average Bonchev–Trinajstić information content (AvgIpc) is 2.85. The molecule has 0 fully saturated rings. The minimum absolute atomic E-state index is 0.118. The first-order valence-corrected chi connectivity index (χ1v) is 10.5. The Morgan fingerprint density at radius 3 is 2.00 bits per heavy atom. The molecule has 0 unspecified atom stereocenters. The summed E-state index contributed by atoms with van der Waals surface area (Å²) < 4.78 is 46.1. The van der Waals surface area contributed by atoms with Gasteiger partial charge in [-0.3, -0.25) is 4.79 Å². The number of alkyl halides is 3. The molecule has 0 atom stereocenters. The zero-order valence-corrected chi connectivity index (χ0v) is 19.2. The van der Waals surface area contributed by atoms with Gasteiger partial charge in [0.15, 0.2) is 17.2 Å². The van der Waals surface area contributed by atoms with Crippen molar-refractivity contribution in [1.82, 2.24) is 5.32 Å². The van der Waals surface area contributed by atoms with E-state index in [1.165, 1.54) is 19.1 Å². The van der Waals surface area contributed by atoms with Crippen LogP contribution in [0.2, 0.25) is 0 Å². The predicted molar refractivity (Wildman–Crippen MR) is 125 cm³/mol. The summed E-state index contributed by atoms with van der Waals surface area (Å²) in [6.45, 7) is 5.11. The van der Waals surface area contributed by atoms with E-state index < -0.39 is 29.5 Å². The maximum atomic E-state index is 12.2. The molecule has 0 radical (unpaired) electrons. The zero-order valence-electron chi connectivity index (χ0n) is 19.2. The summed E-state index contributed by atoms with van der Waals surface area (Å²) in [6, 6.07) is 13.8. The van der Waals surface area contributed by atoms with Gasteiger partial charge in [0, 0.05) is 12.1 Å². The average molecular weight is 518 g/mol. The number of oxime groups is 1. The molecular weight excluding hydrogens is 497 g/mol. The maximum absolute atomic E-state index is 12.2. The fourth-order valence-electron chi connectivity index (χ4n) is 2.83. The lowest BCUT2D eigenvalue weighted by Gasteiger charge is -2.10. The lowest BCUT2D eigenvalue weighted by molar-refractivity contribution is -0.274. The van der Waals surface area contributed by atoms with Crippen molar-refractivity contribution in [2.24, 2.45) is 5.16 Å². The summed E-state index contributed by atoms with van der Waals surface area (Å²) in [4.78, 5) is 17.2. The highest BCUT2D eigenvalue weighted by Gasteiger charge is 2.31. The third kappa shape index (κ3) is 7.82. The van der Waals surface area contributed by atoms with Crippen LogP contribution in [0.25, 0.3) is 0 Å². The van der Waals surface area contributed by atoms with Gasteiger partial charge < -0.3 is 34.9 Å². The standard InChI is InChI=1S/C25H21F3N2O7/c1-14(17-11-21(31)23(33)22(32)12-17)30-37-15(2)24(34)29-13-16-3-5-18(6-4-16)35-19-7-9-20(10-8-19)36-25(26,27)28/h3-12,31-33H,2,13H2,1H3,(H,29,34)/b30-14+. The number of nitrogens with zero attached hydrogens (tertiary/aromatic N) is 1. The number of aromatic hydroxyl groups is 3. The number of halogens is 3. The van der Waals surface area contributed by atoms with E-state index in [-0.39, 0.29) is 29.3 Å². The number of benzene rings is 3. The highest BCUT2D eigenvalue weighted by Crippen LogP contribution is 2.35. The van der Waals surface area contributed by atoms with Gasteiger partial charge in [-0.05, 0) is 67.6 Å². The van der Waals surface area contributed by atoms with Crippen molar-refractivity contribution < 1.29 is 47.6 Å². The van der Waals surface area contributed by atoms with Crippen LogP contribution in [0.1, 0.15) is 18.1 Å². The van der Waals surface area contributed by atoms with Crippen LogP contribution in [0.15, 0.2) is 78.2 Å². The molecule has 194 valence electrons. The Labute approximate surface area is 208 Å². The summed E-state index contributed by atoms with van der Waals surface area (Å²) >= 11 is 0. The van der Waals surface area contributed by atoms with Gasteiger partial charge in [0.2, 0.25) is 5.76 Å². The SMILES string of the molecule is C=C(O/N=C(\C)c1cc(O)c(O)c(O)c1)C(=O)NCc1ccc(Oc2ccc(OC(F)(F)F)cc2)cc1. The Balaban J connectivity index is 1.49. The Kier molecular flexibility index (Phi) is 8.12. The molecule has 0 heterocycles. The van der Waals surface area contributed by atoms with E-state index in [0.717, 1.165) is 24.3 Å². The number of hydrogen-bond donors (Lipinski definition) is 4. The lowest BCUT2D eigenvalue weighted by atomic mass is 10.1. The molecule has 3 rings (SSSR count). The Morgan fingerprint density at radius 1 is 0.946 bits per heavy atom. The molecule has 3 aromatic carbocycles. The van der Waals surface area contributed by atoms with Crippen molar-refractivity contribution in [3.63, 3.8) is 0 Å². The minimum atomic E-state index is -4.78. The number of phenolic OH excluding ortho intramolecular Hbond substituents is 3. The van der Waals surface area contributed by atoms with Crippen LogP contribution in [0.4, 0.5) is 13.2 Å². The molecule has 0 saturated heterocycles. The summed E-state index contributed by atoms with van der Waals surface area (Å²) in [5, 5.41) is 34.9. The summed E-state index contributed by atoms with van der Waals surface area (Å²) in [7, 11) is 0. The number of hydrogen-bond acceptors (Lipinski definition) is 8. The van der Waals surface area contributed by atoms with Gasteiger partial charge in [-0.2, -0.15) is 0 Å². The van der Waals surface area contributed by atoms with Crippen molar-refractivity contribution in [1.29, 1.82) is 0 Å². The molecular formula is C25H21F3N2O7. The normalized spacial score (nSPS) is 11.5. The van der Waals surface area contributed by atoms with E-state index in [2.05, 4.69) is 21.8 Å². The molecule has 12 heteroatoms. The number of phenols is 3. The second kappa shape index (κ2) is 11.2. The fraction of sp³-hybridized carbons (Fsp3) is 0.120. The monoisotopic (exact) mass is 518 g/mol. The number of amides is 1. The van der Waals surface area contributed by atoms with E-state index in [1.54, 1.807) is 24.3 Å². The van der Waals surface area contributed by atoms with E-state index in [1.807, 2.05) is 0 Å². The van der Waals surface area contributed by atoms with Gasteiger partial charge >= 0.3 is 6.36 Å². The molecule has 0 saturated carbocycles. The van der Waals surface area contributed by atoms with Gasteiger partial charge in [-0.25, -0.2) is 0 Å². The van der Waals surface area contributed by atoms with E-state index >= 15 is 0 Å². The van der Waals surface area contributed by atoms with Crippen LogP contribution in [0.5, 0.6) is 34.5 Å². The first kappa shape index (κ1) is 26.7. The number of carbonyl (C=O) groups is 1. The van der Waals surface area contributed by atoms with Crippen LogP contribution < -0.4 is 14.8 Å². The van der Waals surface area contributed by atoms with Crippen LogP contribution in [-0.2, 0) is 16.2 Å². The quantitative estimate of drug-likeness (QED) is 0.102. The molecule has 0 bridgehead atoms. The Morgan fingerprint density at radius 2 is 1.46 bits per heavy atom. The maximum Gasteiger partial charge on any atom is 0.573 e. The molecule has 37 heavy (non-hydrogen) atoms. The molecule has 0 aliphatic carbocycles. The fourth-order valence-corrected chi connectivity index (χ4v) is 2.83. The predicted octanol–water partition coefficient (Wildman–Crippen LogP) is 5.07. The minimum Gasteiger partial charge on any atom is -0.504 e. The number of rotatable bonds is 9. The second-order valence-corrected chi connectivity index (χ2v) is 7.50. The Bertz CT molecular complexity index is 1280. The molecule has 0 spiro atoms. The van der Waals surface area contributed by atoms with Crippen molar-refractivity contribution >= 4 is 11.6 Å². The van der Waals surface area contributed by atoms with Crippen molar-refractivity contribution in [2.45, 2.75) is 19.8 Å². The second-order valence-electron chi connectivity index (χ2n) is 7.50. The van der Waals surface area contributed by atoms with Crippen LogP contribution in [0.3, 0.4) is 0 Å². The molecule has 1 amide bonds. The van der Waals surface area contributed by atoms with Crippen molar-refractivity contribution in [2.75, 3.05) is 0 Å². The van der Waals surface area contributed by atoms with Gasteiger partial charge in [-0.15, -0.1) is 13.2 Å². The highest BCUT2D eigenvalue weighted by atomic mass is 19.4. The number of ether oxygens (including phenoxy) is 2. The first-order valence-electron chi connectivity index (χ1n) is 10.5. The summed E-state index contributed by atoms with van der Waals surface area (Å²) in [5.74, 6) is -2.37. The van der Waals surface area contributed by atoms with Gasteiger partial charge in [0.05, 0.1) is 5.71 Å². The molecule has 0 aromatic heterocycles. The van der Waals surface area contributed by atoms with E-state index in [4.69, 9.17) is 9.57 Å². The largest absolute Gasteiger partial charge is 0.573 e. The van der Waals surface area contributed by atoms with Gasteiger partial charge in [0.25, 0.3) is 5.91 Å². The highest BCUT2D eigenvalue weighted by molar-refractivity contribution is 5.99. The van der Waals surface area contributed by atoms with E-state index in [9.17, 15) is 33.3 Å². The third-order valence-electron chi connectivity index (χ3n) is 4.70. The van der Waals surface area contributed by atoms with Gasteiger partial charge in [-0.1, -0.05) is 17.3 Å². The molecule has 9 nitrogen and oxygen atoms in total. The van der Waals surface area contributed by atoms with Crippen LogP contribution in [-0.4, -0.2) is 33.3 Å². The summed E-state index contributed by atoms with van der Waals surface area (Å²) in [5.41, 5.74) is 1.14. The van der Waals surface area contributed by atoms with Crippen molar-refractivity contribution in [3.8, 4) is 34.5 Å². The molecule has 0 aliphatic rings.